The van der Waals surface area contributed by atoms with E-state index in [1.807, 2.05) is 30.3 Å². The molecule has 3 rings (SSSR count). The topological polar surface area (TPSA) is 99.2 Å². The summed E-state index contributed by atoms with van der Waals surface area (Å²) in [4.78, 5) is 24.1. The molecule has 0 saturated heterocycles. The van der Waals surface area contributed by atoms with Crippen LogP contribution in [-0.4, -0.2) is 21.6 Å². The van der Waals surface area contributed by atoms with Gasteiger partial charge in [0.05, 0.1) is 11.9 Å². The third-order valence-electron chi connectivity index (χ3n) is 4.35. The van der Waals surface area contributed by atoms with Gasteiger partial charge in [-0.25, -0.2) is 0 Å². The van der Waals surface area contributed by atoms with Gasteiger partial charge in [-0.2, -0.15) is 5.10 Å². The van der Waals surface area contributed by atoms with E-state index in [0.717, 1.165) is 17.7 Å². The Kier molecular flexibility index (Phi) is 5.74. The van der Waals surface area contributed by atoms with Crippen LogP contribution in [0.4, 0.5) is 5.69 Å². The Morgan fingerprint density at radius 3 is 2.57 bits per heavy atom. The van der Waals surface area contributed by atoms with E-state index in [-0.39, 0.29) is 17.3 Å². The zero-order chi connectivity index (χ0) is 20.1. The molecule has 7 heteroatoms. The van der Waals surface area contributed by atoms with E-state index in [4.69, 9.17) is 10.5 Å². The van der Waals surface area contributed by atoms with Gasteiger partial charge in [0.1, 0.15) is 18.1 Å². The van der Waals surface area contributed by atoms with Gasteiger partial charge in [-0.05, 0) is 41.8 Å². The maximum absolute atomic E-state index is 12.6. The number of primary amides is 1. The van der Waals surface area contributed by atoms with Crippen molar-refractivity contribution in [3.05, 3.63) is 77.1 Å². The molecule has 2 amide bonds. The van der Waals surface area contributed by atoms with Crippen molar-refractivity contribution in [2.24, 2.45) is 12.8 Å². The average molecular weight is 378 g/mol. The molecule has 0 fully saturated rings. The minimum Gasteiger partial charge on any atom is -0.489 e. The average Bonchev–Trinajstić information content (AvgIpc) is 3.07. The number of hydrogen-bond acceptors (Lipinski definition) is 4. The number of aromatic nitrogens is 2. The van der Waals surface area contributed by atoms with Crippen LogP contribution in [0.1, 0.15) is 38.9 Å². The Hall–Kier alpha value is -3.61. The summed E-state index contributed by atoms with van der Waals surface area (Å²) in [5, 5.41) is 6.64. The van der Waals surface area contributed by atoms with Gasteiger partial charge < -0.3 is 15.8 Å². The predicted molar refractivity (Wildman–Crippen MR) is 106 cm³/mol. The van der Waals surface area contributed by atoms with Crippen molar-refractivity contribution in [3.8, 4) is 5.75 Å². The molecule has 1 heterocycles. The van der Waals surface area contributed by atoms with E-state index in [2.05, 4.69) is 17.3 Å². The van der Waals surface area contributed by atoms with E-state index in [1.54, 1.807) is 25.2 Å². The molecule has 1 aromatic heterocycles. The molecule has 3 aromatic rings. The summed E-state index contributed by atoms with van der Waals surface area (Å²) in [7, 11) is 1.58. The minimum absolute atomic E-state index is 0.142. The molecule has 0 saturated carbocycles. The predicted octanol–water partition coefficient (Wildman–Crippen LogP) is 2.91. The molecule has 0 spiro atoms. The lowest BCUT2D eigenvalue weighted by Crippen LogP contribution is -2.20. The number of hydrogen-bond donors (Lipinski definition) is 2. The lowest BCUT2D eigenvalue weighted by Gasteiger charge is -2.09. The molecule has 7 nitrogen and oxygen atoms in total. The first-order valence-corrected chi connectivity index (χ1v) is 8.91. The number of nitrogens with two attached hydrogens (primary N) is 1. The molecular weight excluding hydrogens is 356 g/mol. The normalized spacial score (nSPS) is 10.5. The molecule has 0 aliphatic carbocycles. The molecule has 3 N–H and O–H groups in total. The lowest BCUT2D eigenvalue weighted by molar-refractivity contribution is 0.0992. The molecule has 0 bridgehead atoms. The van der Waals surface area contributed by atoms with Gasteiger partial charge in [-0.3, -0.25) is 14.3 Å². The van der Waals surface area contributed by atoms with Crippen LogP contribution in [0.5, 0.6) is 5.75 Å². The Morgan fingerprint density at radius 2 is 1.89 bits per heavy atom. The van der Waals surface area contributed by atoms with E-state index in [9.17, 15) is 9.59 Å². The second-order valence-electron chi connectivity index (χ2n) is 6.34. The van der Waals surface area contributed by atoms with Crippen LogP contribution < -0.4 is 15.8 Å². The number of benzene rings is 2. The highest BCUT2D eigenvalue weighted by Gasteiger charge is 2.17. The third kappa shape index (κ3) is 4.37. The fourth-order valence-electron chi connectivity index (χ4n) is 2.81. The first kappa shape index (κ1) is 19.2. The van der Waals surface area contributed by atoms with Crippen LogP contribution in [0.3, 0.4) is 0 Å². The smallest absolute Gasteiger partial charge is 0.269 e. The summed E-state index contributed by atoms with van der Waals surface area (Å²) in [5.74, 6) is -0.246. The number of carbonyl (C=O) groups is 2. The second kappa shape index (κ2) is 8.39. The number of ether oxygens (including phenoxy) is 1. The quantitative estimate of drug-likeness (QED) is 0.660. The number of nitrogens with zero attached hydrogens (tertiary/aromatic N) is 2. The SMILES string of the molecule is CCc1ccc(OCc2cccc(C(=O)Nc3cnn(C)c3C(N)=O)c2)cc1. The van der Waals surface area contributed by atoms with Crippen molar-refractivity contribution in [1.29, 1.82) is 0 Å². The Balaban J connectivity index is 1.68. The van der Waals surface area contributed by atoms with Crippen LogP contribution in [-0.2, 0) is 20.1 Å². The minimum atomic E-state index is -0.661. The molecule has 0 atom stereocenters. The molecule has 0 aliphatic rings. The van der Waals surface area contributed by atoms with Crippen LogP contribution in [0.15, 0.2) is 54.7 Å². The number of rotatable bonds is 7. The molecule has 144 valence electrons. The van der Waals surface area contributed by atoms with Crippen LogP contribution in [0, 0.1) is 0 Å². The van der Waals surface area contributed by atoms with Crippen molar-refractivity contribution in [3.63, 3.8) is 0 Å². The summed E-state index contributed by atoms with van der Waals surface area (Å²) in [5.41, 5.74) is 8.31. The Labute approximate surface area is 163 Å². The van der Waals surface area contributed by atoms with Crippen molar-refractivity contribution < 1.29 is 14.3 Å². The number of aryl methyl sites for hydroxylation is 2. The first-order valence-electron chi connectivity index (χ1n) is 8.91. The molecule has 2 aromatic carbocycles. The van der Waals surface area contributed by atoms with Gasteiger partial charge in [0.25, 0.3) is 11.8 Å². The highest BCUT2D eigenvalue weighted by atomic mass is 16.5. The summed E-state index contributed by atoms with van der Waals surface area (Å²) >= 11 is 0. The summed E-state index contributed by atoms with van der Waals surface area (Å²) in [6.07, 6.45) is 2.37. The number of anilines is 1. The van der Waals surface area contributed by atoms with Crippen molar-refractivity contribution in [2.75, 3.05) is 5.32 Å². The van der Waals surface area contributed by atoms with Crippen molar-refractivity contribution >= 4 is 17.5 Å². The third-order valence-corrected chi connectivity index (χ3v) is 4.35. The van der Waals surface area contributed by atoms with E-state index in [0.29, 0.717) is 12.2 Å². The zero-order valence-electron chi connectivity index (χ0n) is 15.8. The Bertz CT molecular complexity index is 993. The lowest BCUT2D eigenvalue weighted by atomic mass is 10.1. The van der Waals surface area contributed by atoms with Gasteiger partial charge in [0, 0.05) is 12.6 Å². The van der Waals surface area contributed by atoms with Crippen molar-refractivity contribution in [2.45, 2.75) is 20.0 Å². The van der Waals surface area contributed by atoms with E-state index < -0.39 is 5.91 Å². The fraction of sp³-hybridized carbons (Fsp3) is 0.190. The molecule has 0 aliphatic heterocycles. The summed E-state index contributed by atoms with van der Waals surface area (Å²) < 4.78 is 7.12. The number of amides is 2. The highest BCUT2D eigenvalue weighted by molar-refractivity contribution is 6.08. The molecular formula is C21H22N4O3. The zero-order valence-corrected chi connectivity index (χ0v) is 15.8. The van der Waals surface area contributed by atoms with Crippen LogP contribution >= 0.6 is 0 Å². The standard InChI is InChI=1S/C21H22N4O3/c1-3-14-7-9-17(10-8-14)28-13-15-5-4-6-16(11-15)21(27)24-18-12-23-25(2)19(18)20(22)26/h4-12H,3,13H2,1-2H3,(H2,22,26)(H,24,27). The molecule has 0 unspecified atom stereocenters. The number of nitrogens with one attached hydrogen (secondary N) is 1. The van der Waals surface area contributed by atoms with Gasteiger partial charge >= 0.3 is 0 Å². The second-order valence-corrected chi connectivity index (χ2v) is 6.34. The maximum Gasteiger partial charge on any atom is 0.269 e. The van der Waals surface area contributed by atoms with Gasteiger partial charge in [0.15, 0.2) is 0 Å². The fourth-order valence-corrected chi connectivity index (χ4v) is 2.81. The van der Waals surface area contributed by atoms with Crippen LogP contribution in [0.25, 0.3) is 0 Å². The van der Waals surface area contributed by atoms with E-state index in [1.165, 1.54) is 16.4 Å². The highest BCUT2D eigenvalue weighted by Crippen LogP contribution is 2.17. The van der Waals surface area contributed by atoms with Gasteiger partial charge in [-0.1, -0.05) is 31.2 Å². The molecule has 0 radical (unpaired) electrons. The molecule has 28 heavy (non-hydrogen) atoms. The Morgan fingerprint density at radius 1 is 1.14 bits per heavy atom. The van der Waals surface area contributed by atoms with Crippen molar-refractivity contribution in [1.82, 2.24) is 9.78 Å². The van der Waals surface area contributed by atoms with Gasteiger partial charge in [0.2, 0.25) is 0 Å². The summed E-state index contributed by atoms with van der Waals surface area (Å²) in [6.45, 7) is 2.44. The maximum atomic E-state index is 12.6. The first-order chi connectivity index (χ1) is 13.5. The monoisotopic (exact) mass is 378 g/mol. The largest absolute Gasteiger partial charge is 0.489 e. The number of carbonyl (C=O) groups excluding carboxylic acids is 2. The van der Waals surface area contributed by atoms with E-state index >= 15 is 0 Å². The summed E-state index contributed by atoms with van der Waals surface area (Å²) in [6, 6.07) is 15.0. The van der Waals surface area contributed by atoms with Crippen LogP contribution in [0.2, 0.25) is 0 Å². The van der Waals surface area contributed by atoms with Gasteiger partial charge in [-0.15, -0.1) is 0 Å².